The Morgan fingerprint density at radius 3 is 2.83 bits per heavy atom. The summed E-state index contributed by atoms with van der Waals surface area (Å²) in [5.74, 6) is 0.346. The lowest BCUT2D eigenvalue weighted by atomic mass is 9.93. The molecular formula is C12H17N5O. The number of imidazole rings is 1. The first-order chi connectivity index (χ1) is 8.48. The highest BCUT2D eigenvalue weighted by Gasteiger charge is 2.34. The molecule has 0 atom stereocenters. The summed E-state index contributed by atoms with van der Waals surface area (Å²) in [6.45, 7) is 3.83. The number of anilines is 1. The number of aromatic nitrogens is 2. The number of aliphatic imine (C=N–C) groups is 1. The Morgan fingerprint density at radius 1 is 1.56 bits per heavy atom. The summed E-state index contributed by atoms with van der Waals surface area (Å²) in [5.41, 5.74) is 5.71. The van der Waals surface area contributed by atoms with Gasteiger partial charge in [-0.3, -0.25) is 4.79 Å². The average Bonchev–Trinajstić information content (AvgIpc) is 2.56. The zero-order chi connectivity index (χ0) is 12.9. The van der Waals surface area contributed by atoms with E-state index >= 15 is 0 Å². The molecule has 1 fully saturated rings. The maximum Gasteiger partial charge on any atom is 0.269 e. The van der Waals surface area contributed by atoms with Crippen molar-refractivity contribution in [1.29, 1.82) is 0 Å². The van der Waals surface area contributed by atoms with Crippen LogP contribution in [0.4, 0.5) is 5.82 Å². The molecule has 18 heavy (non-hydrogen) atoms. The number of nitrogens with two attached hydrogens (primary N) is 1. The molecule has 1 aromatic rings. The monoisotopic (exact) mass is 247 g/mol. The van der Waals surface area contributed by atoms with Gasteiger partial charge < -0.3 is 15.6 Å². The van der Waals surface area contributed by atoms with Crippen LogP contribution >= 0.6 is 0 Å². The van der Waals surface area contributed by atoms with Crippen molar-refractivity contribution in [3.8, 4) is 0 Å². The molecule has 6 heteroatoms. The van der Waals surface area contributed by atoms with Crippen LogP contribution in [0.3, 0.4) is 0 Å². The summed E-state index contributed by atoms with van der Waals surface area (Å²) in [7, 11) is 0. The molecule has 0 unspecified atom stereocenters. The number of rotatable bonds is 2. The van der Waals surface area contributed by atoms with Crippen molar-refractivity contribution in [1.82, 2.24) is 9.55 Å². The van der Waals surface area contributed by atoms with Crippen LogP contribution in [0.1, 0.15) is 44.8 Å². The first-order valence-electron chi connectivity index (χ1n) is 6.23. The predicted octanol–water partition coefficient (Wildman–Crippen LogP) is 1.04. The van der Waals surface area contributed by atoms with E-state index < -0.39 is 11.6 Å². The summed E-state index contributed by atoms with van der Waals surface area (Å²) in [6.07, 6.45) is 5.35. The Hall–Kier alpha value is -1.85. The minimum atomic E-state index is -0.529. The minimum absolute atomic E-state index is 0.270. The van der Waals surface area contributed by atoms with E-state index in [1.54, 1.807) is 6.33 Å². The highest BCUT2D eigenvalue weighted by Crippen LogP contribution is 2.37. The molecule has 2 aliphatic rings. The zero-order valence-electron chi connectivity index (χ0n) is 10.6. The van der Waals surface area contributed by atoms with Gasteiger partial charge in [0, 0.05) is 6.04 Å². The van der Waals surface area contributed by atoms with E-state index in [0.717, 1.165) is 18.7 Å². The second kappa shape index (κ2) is 3.57. The molecule has 3 N–H and O–H groups in total. The molecule has 0 bridgehead atoms. The van der Waals surface area contributed by atoms with Crippen molar-refractivity contribution in [2.75, 3.05) is 5.32 Å². The van der Waals surface area contributed by atoms with Crippen molar-refractivity contribution in [2.45, 2.75) is 44.8 Å². The number of nitrogens with zero attached hydrogens (tertiary/aromatic N) is 3. The largest absolute Gasteiger partial charge is 0.364 e. The summed E-state index contributed by atoms with van der Waals surface area (Å²) in [6, 6.07) is 0.483. The second-order valence-corrected chi connectivity index (χ2v) is 5.44. The molecule has 2 heterocycles. The number of carbonyl (C=O) groups is 1. The highest BCUT2D eigenvalue weighted by molar-refractivity contribution is 6.45. The van der Waals surface area contributed by atoms with E-state index in [0.29, 0.717) is 11.7 Å². The standard InChI is InChI=1S/C12H17N5O/c1-12(2)15-8(10(13)18)9-11(16-12)17(6-14-9)7-4-3-5-7/h6-7,16H,3-5H2,1-2H3,(H2,13,18). The number of amides is 1. The van der Waals surface area contributed by atoms with Crippen molar-refractivity contribution in [2.24, 2.45) is 10.7 Å². The predicted molar refractivity (Wildman–Crippen MR) is 68.5 cm³/mol. The van der Waals surface area contributed by atoms with Crippen LogP contribution in [0.25, 0.3) is 0 Å². The maximum atomic E-state index is 11.5. The molecule has 0 radical (unpaired) electrons. The lowest BCUT2D eigenvalue weighted by Gasteiger charge is -2.33. The Labute approximate surface area is 105 Å². The zero-order valence-corrected chi connectivity index (χ0v) is 10.6. The van der Waals surface area contributed by atoms with Crippen LogP contribution in [0, 0.1) is 0 Å². The van der Waals surface area contributed by atoms with Crippen LogP contribution < -0.4 is 11.1 Å². The van der Waals surface area contributed by atoms with Crippen LogP contribution in [-0.4, -0.2) is 26.8 Å². The lowest BCUT2D eigenvalue weighted by Crippen LogP contribution is -2.40. The Morgan fingerprint density at radius 2 is 2.28 bits per heavy atom. The summed E-state index contributed by atoms with van der Waals surface area (Å²) >= 11 is 0. The fourth-order valence-electron chi connectivity index (χ4n) is 2.42. The normalized spacial score (nSPS) is 21.6. The number of primary amides is 1. The van der Waals surface area contributed by atoms with E-state index in [-0.39, 0.29) is 5.71 Å². The fraction of sp³-hybridized carbons (Fsp3) is 0.583. The van der Waals surface area contributed by atoms with Gasteiger partial charge in [-0.2, -0.15) is 0 Å². The third-order valence-corrected chi connectivity index (χ3v) is 3.54. The third kappa shape index (κ3) is 1.60. The summed E-state index contributed by atoms with van der Waals surface area (Å²) in [5, 5.41) is 3.32. The van der Waals surface area contributed by atoms with Crippen molar-refractivity contribution in [3.05, 3.63) is 12.0 Å². The molecule has 1 aliphatic carbocycles. The Bertz CT molecular complexity index is 539. The highest BCUT2D eigenvalue weighted by atomic mass is 16.1. The molecule has 96 valence electrons. The van der Waals surface area contributed by atoms with Gasteiger partial charge in [-0.25, -0.2) is 9.98 Å². The maximum absolute atomic E-state index is 11.5. The minimum Gasteiger partial charge on any atom is -0.364 e. The van der Waals surface area contributed by atoms with E-state index in [1.807, 2.05) is 13.8 Å². The van der Waals surface area contributed by atoms with Gasteiger partial charge in [0.15, 0.2) is 5.71 Å². The van der Waals surface area contributed by atoms with Gasteiger partial charge >= 0.3 is 0 Å². The number of hydrogen-bond acceptors (Lipinski definition) is 4. The smallest absolute Gasteiger partial charge is 0.269 e. The van der Waals surface area contributed by atoms with Gasteiger partial charge in [-0.05, 0) is 33.1 Å². The topological polar surface area (TPSA) is 85.3 Å². The van der Waals surface area contributed by atoms with Crippen LogP contribution in [-0.2, 0) is 4.79 Å². The third-order valence-electron chi connectivity index (χ3n) is 3.54. The molecule has 1 aliphatic heterocycles. The fourth-order valence-corrected chi connectivity index (χ4v) is 2.42. The summed E-state index contributed by atoms with van der Waals surface area (Å²) < 4.78 is 2.11. The van der Waals surface area contributed by atoms with Crippen molar-refractivity contribution in [3.63, 3.8) is 0 Å². The number of hydrogen-bond donors (Lipinski definition) is 2. The van der Waals surface area contributed by atoms with Crippen LogP contribution in [0.5, 0.6) is 0 Å². The molecule has 0 spiro atoms. The average molecular weight is 247 g/mol. The van der Waals surface area contributed by atoms with E-state index in [1.165, 1.54) is 6.42 Å². The van der Waals surface area contributed by atoms with Crippen LogP contribution in [0.2, 0.25) is 0 Å². The quantitative estimate of drug-likeness (QED) is 0.819. The first-order valence-corrected chi connectivity index (χ1v) is 6.23. The number of fused-ring (bicyclic) bond motifs is 1. The first kappa shape index (κ1) is 11.3. The van der Waals surface area contributed by atoms with E-state index in [9.17, 15) is 4.79 Å². The van der Waals surface area contributed by atoms with E-state index in [2.05, 4.69) is 19.9 Å². The molecular weight excluding hydrogens is 230 g/mol. The Kier molecular flexibility index (Phi) is 2.23. The lowest BCUT2D eigenvalue weighted by molar-refractivity contribution is -0.112. The van der Waals surface area contributed by atoms with Crippen molar-refractivity contribution < 1.29 is 4.79 Å². The molecule has 1 saturated carbocycles. The molecule has 3 rings (SSSR count). The second-order valence-electron chi connectivity index (χ2n) is 5.44. The number of carbonyl (C=O) groups excluding carboxylic acids is 1. The Balaban J connectivity index is 2.09. The van der Waals surface area contributed by atoms with E-state index in [4.69, 9.17) is 5.73 Å². The number of nitrogens with one attached hydrogen (secondary N) is 1. The molecule has 1 amide bonds. The SMILES string of the molecule is CC1(C)N=C(C(N)=O)c2ncn(C3CCC3)c2N1. The van der Waals surface area contributed by atoms with Gasteiger partial charge in [-0.15, -0.1) is 0 Å². The summed E-state index contributed by atoms with van der Waals surface area (Å²) in [4.78, 5) is 20.1. The van der Waals surface area contributed by atoms with Gasteiger partial charge in [0.2, 0.25) is 0 Å². The van der Waals surface area contributed by atoms with Crippen molar-refractivity contribution >= 4 is 17.4 Å². The van der Waals surface area contributed by atoms with Gasteiger partial charge in [0.1, 0.15) is 17.2 Å². The molecule has 0 saturated heterocycles. The molecule has 0 aromatic carbocycles. The van der Waals surface area contributed by atoms with Gasteiger partial charge in [0.05, 0.1) is 6.33 Å². The molecule has 1 aromatic heterocycles. The van der Waals surface area contributed by atoms with Gasteiger partial charge in [-0.1, -0.05) is 0 Å². The molecule has 6 nitrogen and oxygen atoms in total. The van der Waals surface area contributed by atoms with Crippen LogP contribution in [0.15, 0.2) is 11.3 Å². The van der Waals surface area contributed by atoms with Gasteiger partial charge in [0.25, 0.3) is 5.91 Å².